The Morgan fingerprint density at radius 1 is 1.27 bits per heavy atom. The number of aliphatic hydroxyl groups excluding tert-OH is 1. The highest BCUT2D eigenvalue weighted by atomic mass is 16.3. The van der Waals surface area contributed by atoms with E-state index in [0.717, 1.165) is 5.56 Å². The zero-order chi connectivity index (χ0) is 10.8. The molecule has 0 fully saturated rings. The Kier molecular flexibility index (Phi) is 2.43. The molecule has 2 rings (SSSR count). The number of aliphatic hydroxyl groups is 1. The van der Waals surface area contributed by atoms with E-state index in [1.165, 1.54) is 0 Å². The average molecular weight is 203 g/mol. The molecule has 3 N–H and O–H groups in total. The summed E-state index contributed by atoms with van der Waals surface area (Å²) in [6.45, 7) is 0. The van der Waals surface area contributed by atoms with Crippen molar-refractivity contribution in [1.29, 1.82) is 0 Å². The van der Waals surface area contributed by atoms with Gasteiger partial charge < -0.3 is 10.8 Å². The fourth-order valence-corrected chi connectivity index (χ4v) is 1.43. The van der Waals surface area contributed by atoms with Crippen molar-refractivity contribution in [2.75, 3.05) is 5.73 Å². The molecule has 0 amide bonds. The van der Waals surface area contributed by atoms with E-state index >= 15 is 0 Å². The number of nitrogens with zero attached hydrogens (tertiary/aromatic N) is 2. The highest BCUT2D eigenvalue weighted by molar-refractivity contribution is 5.41. The minimum Gasteiger partial charge on any atom is -0.399 e. The second-order valence-corrected chi connectivity index (χ2v) is 3.48. The SMILES string of the molecule is Cn1ccc(C(O)c2ccc(N)cc2)n1. The third kappa shape index (κ3) is 1.99. The third-order valence-electron chi connectivity index (χ3n) is 2.27. The van der Waals surface area contributed by atoms with E-state index in [1.807, 2.05) is 7.05 Å². The van der Waals surface area contributed by atoms with Crippen LogP contribution in [0.25, 0.3) is 0 Å². The van der Waals surface area contributed by atoms with Crippen LogP contribution in [0.4, 0.5) is 5.69 Å². The van der Waals surface area contributed by atoms with Gasteiger partial charge in [0.05, 0.1) is 5.69 Å². The number of benzene rings is 1. The molecule has 1 aromatic heterocycles. The second-order valence-electron chi connectivity index (χ2n) is 3.48. The van der Waals surface area contributed by atoms with Gasteiger partial charge in [0.2, 0.25) is 0 Å². The van der Waals surface area contributed by atoms with Gasteiger partial charge in [0.1, 0.15) is 6.10 Å². The first-order valence-electron chi connectivity index (χ1n) is 4.70. The number of hydrogen-bond donors (Lipinski definition) is 2. The van der Waals surface area contributed by atoms with E-state index in [1.54, 1.807) is 41.2 Å². The van der Waals surface area contributed by atoms with Gasteiger partial charge in [-0.1, -0.05) is 12.1 Å². The minimum absolute atomic E-state index is 0.641. The Morgan fingerprint density at radius 3 is 2.47 bits per heavy atom. The minimum atomic E-state index is -0.688. The molecule has 78 valence electrons. The molecule has 1 aromatic carbocycles. The number of aromatic nitrogens is 2. The summed E-state index contributed by atoms with van der Waals surface area (Å²) in [5, 5.41) is 14.1. The van der Waals surface area contributed by atoms with Crippen LogP contribution in [0.3, 0.4) is 0 Å². The van der Waals surface area contributed by atoms with Gasteiger partial charge in [-0.2, -0.15) is 5.10 Å². The van der Waals surface area contributed by atoms with Gasteiger partial charge in [-0.3, -0.25) is 4.68 Å². The maximum atomic E-state index is 9.98. The van der Waals surface area contributed by atoms with Crippen LogP contribution in [0, 0.1) is 0 Å². The largest absolute Gasteiger partial charge is 0.399 e. The number of hydrogen-bond acceptors (Lipinski definition) is 3. The molecule has 0 radical (unpaired) electrons. The van der Waals surface area contributed by atoms with Gasteiger partial charge in [-0.05, 0) is 23.8 Å². The first-order valence-corrected chi connectivity index (χ1v) is 4.70. The van der Waals surface area contributed by atoms with Crippen LogP contribution in [-0.2, 0) is 7.05 Å². The van der Waals surface area contributed by atoms with Crippen molar-refractivity contribution in [3.63, 3.8) is 0 Å². The molecule has 1 heterocycles. The van der Waals surface area contributed by atoms with E-state index in [-0.39, 0.29) is 0 Å². The number of aryl methyl sites for hydroxylation is 1. The van der Waals surface area contributed by atoms with E-state index in [0.29, 0.717) is 11.4 Å². The lowest BCUT2D eigenvalue weighted by Gasteiger charge is -2.07. The Morgan fingerprint density at radius 2 is 1.93 bits per heavy atom. The smallest absolute Gasteiger partial charge is 0.123 e. The van der Waals surface area contributed by atoms with Crippen molar-refractivity contribution in [3.8, 4) is 0 Å². The van der Waals surface area contributed by atoms with Gasteiger partial charge in [0.15, 0.2) is 0 Å². The first kappa shape index (κ1) is 9.73. The van der Waals surface area contributed by atoms with E-state index in [9.17, 15) is 5.11 Å². The molecule has 0 aliphatic rings. The molecule has 15 heavy (non-hydrogen) atoms. The van der Waals surface area contributed by atoms with Gasteiger partial charge in [0, 0.05) is 18.9 Å². The monoisotopic (exact) mass is 203 g/mol. The van der Waals surface area contributed by atoms with Gasteiger partial charge >= 0.3 is 0 Å². The highest BCUT2D eigenvalue weighted by Gasteiger charge is 2.12. The Labute approximate surface area is 88.0 Å². The summed E-state index contributed by atoms with van der Waals surface area (Å²) in [6.07, 6.45) is 1.11. The van der Waals surface area contributed by atoms with E-state index in [4.69, 9.17) is 5.73 Å². The molecule has 2 aromatic rings. The Hall–Kier alpha value is -1.81. The van der Waals surface area contributed by atoms with Gasteiger partial charge in [-0.15, -0.1) is 0 Å². The summed E-state index contributed by atoms with van der Waals surface area (Å²) in [5.41, 5.74) is 7.69. The standard InChI is InChI=1S/C11H13N3O/c1-14-7-6-10(13-14)11(15)8-2-4-9(12)5-3-8/h2-7,11,15H,12H2,1H3. The normalized spacial score (nSPS) is 12.7. The summed E-state index contributed by atoms with van der Waals surface area (Å²) in [5.74, 6) is 0. The molecule has 4 heteroatoms. The molecule has 0 spiro atoms. The number of rotatable bonds is 2. The van der Waals surface area contributed by atoms with Crippen molar-refractivity contribution in [3.05, 3.63) is 47.8 Å². The topological polar surface area (TPSA) is 64.1 Å². The van der Waals surface area contributed by atoms with Crippen molar-refractivity contribution in [2.24, 2.45) is 7.05 Å². The maximum absolute atomic E-state index is 9.98. The number of nitrogens with two attached hydrogens (primary N) is 1. The highest BCUT2D eigenvalue weighted by Crippen LogP contribution is 2.20. The average Bonchev–Trinajstić information content (AvgIpc) is 2.65. The Bertz CT molecular complexity index is 447. The molecule has 1 unspecified atom stereocenters. The number of nitrogen functional groups attached to an aromatic ring is 1. The summed E-state index contributed by atoms with van der Waals surface area (Å²) in [4.78, 5) is 0. The predicted molar refractivity (Wildman–Crippen MR) is 58.1 cm³/mol. The molecule has 4 nitrogen and oxygen atoms in total. The summed E-state index contributed by atoms with van der Waals surface area (Å²) in [6, 6.07) is 8.92. The van der Waals surface area contributed by atoms with Crippen LogP contribution in [0.1, 0.15) is 17.4 Å². The molecule has 0 aliphatic carbocycles. The summed E-state index contributed by atoms with van der Waals surface area (Å²) in [7, 11) is 1.82. The second kappa shape index (κ2) is 3.74. The fraction of sp³-hybridized carbons (Fsp3) is 0.182. The summed E-state index contributed by atoms with van der Waals surface area (Å²) >= 11 is 0. The maximum Gasteiger partial charge on any atom is 0.123 e. The molecular formula is C11H13N3O. The zero-order valence-corrected chi connectivity index (χ0v) is 8.46. The van der Waals surface area contributed by atoms with E-state index < -0.39 is 6.10 Å². The molecule has 0 saturated heterocycles. The van der Waals surface area contributed by atoms with Gasteiger partial charge in [0.25, 0.3) is 0 Å². The van der Waals surface area contributed by atoms with E-state index in [2.05, 4.69) is 5.10 Å². The van der Waals surface area contributed by atoms with Crippen LogP contribution in [0.15, 0.2) is 36.5 Å². The quantitative estimate of drug-likeness (QED) is 0.718. The molecule has 0 aliphatic heterocycles. The third-order valence-corrected chi connectivity index (χ3v) is 2.27. The van der Waals surface area contributed by atoms with Crippen LogP contribution in [-0.4, -0.2) is 14.9 Å². The Balaban J connectivity index is 2.28. The first-order chi connectivity index (χ1) is 7.16. The molecule has 0 saturated carbocycles. The predicted octanol–water partition coefficient (Wildman–Crippen LogP) is 1.08. The van der Waals surface area contributed by atoms with Crippen LogP contribution in [0.2, 0.25) is 0 Å². The lowest BCUT2D eigenvalue weighted by Crippen LogP contribution is -2.01. The van der Waals surface area contributed by atoms with Crippen molar-refractivity contribution in [2.45, 2.75) is 6.10 Å². The van der Waals surface area contributed by atoms with Gasteiger partial charge in [-0.25, -0.2) is 0 Å². The molecular weight excluding hydrogens is 190 g/mol. The lowest BCUT2D eigenvalue weighted by molar-refractivity contribution is 0.214. The van der Waals surface area contributed by atoms with Crippen LogP contribution >= 0.6 is 0 Å². The van der Waals surface area contributed by atoms with Crippen molar-refractivity contribution in [1.82, 2.24) is 9.78 Å². The van der Waals surface area contributed by atoms with Crippen LogP contribution < -0.4 is 5.73 Å². The number of anilines is 1. The fourth-order valence-electron chi connectivity index (χ4n) is 1.43. The van der Waals surface area contributed by atoms with Crippen molar-refractivity contribution >= 4 is 5.69 Å². The zero-order valence-electron chi connectivity index (χ0n) is 8.46. The van der Waals surface area contributed by atoms with Crippen LogP contribution in [0.5, 0.6) is 0 Å². The molecule has 0 bridgehead atoms. The lowest BCUT2D eigenvalue weighted by atomic mass is 10.1. The summed E-state index contributed by atoms with van der Waals surface area (Å²) < 4.78 is 1.66. The molecule has 1 atom stereocenters. The van der Waals surface area contributed by atoms with Crippen molar-refractivity contribution < 1.29 is 5.11 Å².